The lowest BCUT2D eigenvalue weighted by Gasteiger charge is -2.12. The molecule has 0 aromatic heterocycles. The van der Waals surface area contributed by atoms with E-state index < -0.39 is 0 Å². The molecule has 2 rings (SSSR count). The lowest BCUT2D eigenvalue weighted by atomic mass is 10.1. The summed E-state index contributed by atoms with van der Waals surface area (Å²) in [5.41, 5.74) is 4.65. The van der Waals surface area contributed by atoms with Crippen LogP contribution in [0.4, 0.5) is 5.69 Å². The molecule has 0 radical (unpaired) electrons. The molecule has 0 heterocycles. The second-order valence-electron chi connectivity index (χ2n) is 4.78. The largest absolute Gasteiger partial charge is 0.358 e. The first-order valence-electron chi connectivity index (χ1n) is 6.41. The van der Waals surface area contributed by atoms with Crippen molar-refractivity contribution in [2.75, 3.05) is 5.32 Å². The first-order chi connectivity index (χ1) is 9.54. The SMILES string of the molecule is Cc1ccc(CNC(=S)Nc2ccc(C)cc2Br)cc1. The number of thiocarbonyl (C=S) groups is 1. The molecule has 0 saturated carbocycles. The fraction of sp³-hybridized carbons (Fsp3) is 0.188. The Morgan fingerprint density at radius 2 is 1.70 bits per heavy atom. The molecule has 0 atom stereocenters. The summed E-state index contributed by atoms with van der Waals surface area (Å²) in [6.07, 6.45) is 0. The Kier molecular flexibility index (Phi) is 5.15. The molecule has 0 aliphatic rings. The number of hydrogen-bond acceptors (Lipinski definition) is 1. The van der Waals surface area contributed by atoms with Gasteiger partial charge in [0.25, 0.3) is 0 Å². The Labute approximate surface area is 133 Å². The normalized spacial score (nSPS) is 10.2. The van der Waals surface area contributed by atoms with Crippen LogP contribution in [0.25, 0.3) is 0 Å². The molecule has 0 spiro atoms. The summed E-state index contributed by atoms with van der Waals surface area (Å²) in [5.74, 6) is 0. The molecule has 0 unspecified atom stereocenters. The van der Waals surface area contributed by atoms with Crippen molar-refractivity contribution in [3.63, 3.8) is 0 Å². The van der Waals surface area contributed by atoms with E-state index in [1.165, 1.54) is 16.7 Å². The zero-order valence-corrected chi connectivity index (χ0v) is 13.9. The molecular weight excluding hydrogens is 332 g/mol. The number of hydrogen-bond donors (Lipinski definition) is 2. The van der Waals surface area contributed by atoms with E-state index in [1.807, 2.05) is 6.07 Å². The van der Waals surface area contributed by atoms with E-state index in [-0.39, 0.29) is 0 Å². The molecule has 0 fully saturated rings. The number of benzene rings is 2. The van der Waals surface area contributed by atoms with E-state index >= 15 is 0 Å². The summed E-state index contributed by atoms with van der Waals surface area (Å²) in [7, 11) is 0. The highest BCUT2D eigenvalue weighted by molar-refractivity contribution is 9.10. The molecule has 2 nitrogen and oxygen atoms in total. The highest BCUT2D eigenvalue weighted by atomic mass is 79.9. The van der Waals surface area contributed by atoms with Crippen LogP contribution < -0.4 is 10.6 Å². The van der Waals surface area contributed by atoms with Crippen molar-refractivity contribution in [1.29, 1.82) is 0 Å². The molecule has 2 aromatic rings. The number of rotatable bonds is 3. The van der Waals surface area contributed by atoms with Gasteiger partial charge in [0.15, 0.2) is 5.11 Å². The zero-order chi connectivity index (χ0) is 14.5. The quantitative estimate of drug-likeness (QED) is 0.795. The molecule has 0 aliphatic carbocycles. The minimum atomic E-state index is 0.620. The predicted octanol–water partition coefficient (Wildman–Crippen LogP) is 4.55. The third-order valence-electron chi connectivity index (χ3n) is 2.95. The van der Waals surface area contributed by atoms with Crippen LogP contribution in [0.5, 0.6) is 0 Å². The molecule has 4 heteroatoms. The van der Waals surface area contributed by atoms with E-state index in [0.717, 1.165) is 16.7 Å². The lowest BCUT2D eigenvalue weighted by molar-refractivity contribution is 0.925. The zero-order valence-electron chi connectivity index (χ0n) is 11.5. The second kappa shape index (κ2) is 6.86. The molecule has 104 valence electrons. The Balaban J connectivity index is 1.90. The Morgan fingerprint density at radius 1 is 1.05 bits per heavy atom. The molecule has 2 N–H and O–H groups in total. The van der Waals surface area contributed by atoms with Gasteiger partial charge in [-0.05, 0) is 65.3 Å². The summed E-state index contributed by atoms with van der Waals surface area (Å²) in [6.45, 7) is 4.86. The molecule has 0 amide bonds. The molecule has 0 saturated heterocycles. The third-order valence-corrected chi connectivity index (χ3v) is 3.85. The van der Waals surface area contributed by atoms with Gasteiger partial charge in [0.1, 0.15) is 0 Å². The van der Waals surface area contributed by atoms with Crippen molar-refractivity contribution in [2.45, 2.75) is 20.4 Å². The van der Waals surface area contributed by atoms with E-state index in [2.05, 4.69) is 76.8 Å². The van der Waals surface area contributed by atoms with Gasteiger partial charge in [0.2, 0.25) is 0 Å². The van der Waals surface area contributed by atoms with Gasteiger partial charge in [0, 0.05) is 11.0 Å². The minimum absolute atomic E-state index is 0.620. The first kappa shape index (κ1) is 15.0. The highest BCUT2D eigenvalue weighted by Crippen LogP contribution is 2.23. The summed E-state index contributed by atoms with van der Waals surface area (Å²) < 4.78 is 1.01. The Bertz CT molecular complexity index is 608. The van der Waals surface area contributed by atoms with Gasteiger partial charge in [-0.25, -0.2) is 0 Å². The van der Waals surface area contributed by atoms with Crippen molar-refractivity contribution in [2.24, 2.45) is 0 Å². The number of anilines is 1. The van der Waals surface area contributed by atoms with Gasteiger partial charge < -0.3 is 10.6 Å². The maximum atomic E-state index is 5.31. The molecular formula is C16H17BrN2S. The molecule has 0 aliphatic heterocycles. The standard InChI is InChI=1S/C16H17BrN2S/c1-11-3-6-13(7-4-11)10-18-16(20)19-15-8-5-12(2)9-14(15)17/h3-9H,10H2,1-2H3,(H2,18,19,20). The lowest BCUT2D eigenvalue weighted by Crippen LogP contribution is -2.28. The molecule has 20 heavy (non-hydrogen) atoms. The topological polar surface area (TPSA) is 24.1 Å². The average Bonchev–Trinajstić information content (AvgIpc) is 2.41. The minimum Gasteiger partial charge on any atom is -0.358 e. The van der Waals surface area contributed by atoms with E-state index in [9.17, 15) is 0 Å². The van der Waals surface area contributed by atoms with Crippen molar-refractivity contribution in [3.8, 4) is 0 Å². The Hall–Kier alpha value is -1.39. The molecule has 2 aromatic carbocycles. The smallest absolute Gasteiger partial charge is 0.171 e. The Morgan fingerprint density at radius 3 is 2.35 bits per heavy atom. The predicted molar refractivity (Wildman–Crippen MR) is 93.1 cm³/mol. The van der Waals surface area contributed by atoms with Crippen LogP contribution in [0, 0.1) is 13.8 Å². The van der Waals surface area contributed by atoms with Gasteiger partial charge >= 0.3 is 0 Å². The van der Waals surface area contributed by atoms with Gasteiger partial charge in [-0.3, -0.25) is 0 Å². The molecule has 0 bridgehead atoms. The van der Waals surface area contributed by atoms with Crippen LogP contribution in [-0.2, 0) is 6.54 Å². The van der Waals surface area contributed by atoms with Crippen molar-refractivity contribution < 1.29 is 0 Å². The van der Waals surface area contributed by atoms with Crippen LogP contribution >= 0.6 is 28.1 Å². The van der Waals surface area contributed by atoms with Crippen molar-refractivity contribution in [3.05, 3.63) is 63.6 Å². The summed E-state index contributed by atoms with van der Waals surface area (Å²) >= 11 is 8.84. The van der Waals surface area contributed by atoms with Crippen LogP contribution in [0.3, 0.4) is 0 Å². The van der Waals surface area contributed by atoms with Gasteiger partial charge in [-0.2, -0.15) is 0 Å². The van der Waals surface area contributed by atoms with Crippen LogP contribution in [0.1, 0.15) is 16.7 Å². The third kappa shape index (κ3) is 4.32. The van der Waals surface area contributed by atoms with E-state index in [4.69, 9.17) is 12.2 Å². The van der Waals surface area contributed by atoms with E-state index in [1.54, 1.807) is 0 Å². The summed E-state index contributed by atoms with van der Waals surface area (Å²) in [4.78, 5) is 0. The fourth-order valence-corrected chi connectivity index (χ4v) is 2.55. The van der Waals surface area contributed by atoms with Crippen molar-refractivity contribution >= 4 is 38.9 Å². The van der Waals surface area contributed by atoms with Gasteiger partial charge in [-0.15, -0.1) is 0 Å². The van der Waals surface area contributed by atoms with Gasteiger partial charge in [0.05, 0.1) is 5.69 Å². The van der Waals surface area contributed by atoms with E-state index in [0.29, 0.717) is 5.11 Å². The van der Waals surface area contributed by atoms with Crippen LogP contribution in [-0.4, -0.2) is 5.11 Å². The fourth-order valence-electron chi connectivity index (χ4n) is 1.78. The maximum Gasteiger partial charge on any atom is 0.171 e. The van der Waals surface area contributed by atoms with Crippen molar-refractivity contribution in [1.82, 2.24) is 5.32 Å². The van der Waals surface area contributed by atoms with Gasteiger partial charge in [-0.1, -0.05) is 35.9 Å². The first-order valence-corrected chi connectivity index (χ1v) is 7.61. The summed E-state index contributed by atoms with van der Waals surface area (Å²) in [6, 6.07) is 14.5. The number of nitrogens with one attached hydrogen (secondary N) is 2. The van der Waals surface area contributed by atoms with Crippen LogP contribution in [0.2, 0.25) is 0 Å². The number of halogens is 1. The second-order valence-corrected chi connectivity index (χ2v) is 6.04. The van der Waals surface area contributed by atoms with Crippen LogP contribution in [0.15, 0.2) is 46.9 Å². The average molecular weight is 349 g/mol. The monoisotopic (exact) mass is 348 g/mol. The summed E-state index contributed by atoms with van der Waals surface area (Å²) in [5, 5.41) is 7.02. The number of aryl methyl sites for hydroxylation is 2. The maximum absolute atomic E-state index is 5.31. The highest BCUT2D eigenvalue weighted by Gasteiger charge is 2.02.